The lowest BCUT2D eigenvalue weighted by Gasteiger charge is -2.09. The van der Waals surface area contributed by atoms with Gasteiger partial charge < -0.3 is 9.47 Å². The molecule has 0 amide bonds. The van der Waals surface area contributed by atoms with Crippen LogP contribution in [0.15, 0.2) is 42.5 Å². The summed E-state index contributed by atoms with van der Waals surface area (Å²) in [4.78, 5) is 11.9. The van der Waals surface area contributed by atoms with E-state index in [1.807, 2.05) is 30.3 Å². The molecule has 118 valence electrons. The number of rotatable bonds is 6. The van der Waals surface area contributed by atoms with Crippen LogP contribution in [0.5, 0.6) is 11.5 Å². The summed E-state index contributed by atoms with van der Waals surface area (Å²) in [5.41, 5.74) is 1.57. The molecule has 0 aliphatic heterocycles. The van der Waals surface area contributed by atoms with Crippen molar-refractivity contribution in [3.8, 4) is 17.6 Å². The second-order valence-electron chi connectivity index (χ2n) is 4.93. The zero-order valence-corrected chi connectivity index (χ0v) is 13.5. The van der Waals surface area contributed by atoms with Gasteiger partial charge in [-0.15, -0.1) is 0 Å². The number of nitriles is 1. The van der Waals surface area contributed by atoms with Crippen LogP contribution in [0.4, 0.5) is 0 Å². The number of hydrogen-bond acceptors (Lipinski definition) is 4. The molecule has 0 spiro atoms. The highest BCUT2D eigenvalue weighted by atomic mass is 35.5. The molecule has 0 heterocycles. The minimum Gasteiger partial charge on any atom is -0.493 e. The molecule has 5 heteroatoms. The van der Waals surface area contributed by atoms with Gasteiger partial charge in [0.15, 0.2) is 11.5 Å². The van der Waals surface area contributed by atoms with Crippen molar-refractivity contribution < 1.29 is 14.3 Å². The number of carbonyl (C=O) groups excluding carboxylic acids is 1. The molecule has 2 aromatic rings. The van der Waals surface area contributed by atoms with Crippen molar-refractivity contribution in [2.75, 3.05) is 7.11 Å². The van der Waals surface area contributed by atoms with Crippen molar-refractivity contribution in [1.82, 2.24) is 0 Å². The van der Waals surface area contributed by atoms with Gasteiger partial charge in [-0.25, -0.2) is 0 Å². The normalized spacial score (nSPS) is 9.96. The van der Waals surface area contributed by atoms with Crippen molar-refractivity contribution in [2.24, 2.45) is 0 Å². The lowest BCUT2D eigenvalue weighted by atomic mass is 10.1. The molecule has 0 aliphatic rings. The average Bonchev–Trinajstić information content (AvgIpc) is 2.57. The number of carbonyl (C=O) groups is 1. The topological polar surface area (TPSA) is 59.3 Å². The predicted molar refractivity (Wildman–Crippen MR) is 87.7 cm³/mol. The first-order valence-corrected chi connectivity index (χ1v) is 7.53. The van der Waals surface area contributed by atoms with E-state index >= 15 is 0 Å². The van der Waals surface area contributed by atoms with Crippen LogP contribution in [0.3, 0.4) is 0 Å². The van der Waals surface area contributed by atoms with Crippen LogP contribution in [-0.2, 0) is 11.2 Å². The number of ether oxygens (including phenoxy) is 2. The minimum absolute atomic E-state index is 0.297. The van der Waals surface area contributed by atoms with Crippen LogP contribution in [0, 0.1) is 11.3 Å². The van der Waals surface area contributed by atoms with E-state index in [2.05, 4.69) is 0 Å². The van der Waals surface area contributed by atoms with E-state index in [0.29, 0.717) is 34.9 Å². The summed E-state index contributed by atoms with van der Waals surface area (Å²) in [7, 11) is 1.47. The van der Waals surface area contributed by atoms with Gasteiger partial charge in [0.1, 0.15) is 0 Å². The third-order valence-corrected chi connectivity index (χ3v) is 3.53. The van der Waals surface area contributed by atoms with Gasteiger partial charge in [-0.05, 0) is 42.7 Å². The molecule has 0 bridgehead atoms. The van der Waals surface area contributed by atoms with Crippen molar-refractivity contribution in [1.29, 1.82) is 5.26 Å². The number of methoxy groups -OCH3 is 1. The molecule has 2 rings (SSSR count). The number of nitrogens with zero attached hydrogens (tertiary/aromatic N) is 1. The molecule has 0 N–H and O–H groups in total. The van der Waals surface area contributed by atoms with Crippen LogP contribution in [0.2, 0.25) is 5.02 Å². The van der Waals surface area contributed by atoms with Gasteiger partial charge >= 0.3 is 5.97 Å². The van der Waals surface area contributed by atoms with Gasteiger partial charge in [0.25, 0.3) is 0 Å². The van der Waals surface area contributed by atoms with E-state index in [0.717, 1.165) is 12.0 Å². The second kappa shape index (κ2) is 8.21. The highest BCUT2D eigenvalue weighted by Gasteiger charge is 2.11. The molecular formula is C18H16ClNO3. The van der Waals surface area contributed by atoms with E-state index in [1.165, 1.54) is 13.2 Å². The molecular weight excluding hydrogens is 314 g/mol. The fraction of sp³-hybridized carbons (Fsp3) is 0.222. The van der Waals surface area contributed by atoms with Crippen molar-refractivity contribution in [3.05, 3.63) is 58.6 Å². The lowest BCUT2D eigenvalue weighted by Crippen LogP contribution is -2.09. The van der Waals surface area contributed by atoms with Gasteiger partial charge in [0.2, 0.25) is 0 Å². The summed E-state index contributed by atoms with van der Waals surface area (Å²) in [6.07, 6.45) is 1.75. The van der Waals surface area contributed by atoms with Crippen molar-refractivity contribution in [3.63, 3.8) is 0 Å². The number of halogens is 1. The number of hydrogen-bond donors (Lipinski definition) is 0. The number of benzene rings is 2. The van der Waals surface area contributed by atoms with E-state index in [-0.39, 0.29) is 5.97 Å². The van der Waals surface area contributed by atoms with Gasteiger partial charge in [-0.1, -0.05) is 23.7 Å². The SMILES string of the molecule is COc1cc(C#N)ccc1OC(=O)CCCc1ccc(Cl)cc1. The highest BCUT2D eigenvalue weighted by Crippen LogP contribution is 2.28. The van der Waals surface area contributed by atoms with Crippen LogP contribution >= 0.6 is 11.6 Å². The Morgan fingerprint density at radius 2 is 1.91 bits per heavy atom. The van der Waals surface area contributed by atoms with E-state index in [4.69, 9.17) is 26.3 Å². The van der Waals surface area contributed by atoms with Crippen LogP contribution < -0.4 is 9.47 Å². The Hall–Kier alpha value is -2.51. The maximum absolute atomic E-state index is 11.9. The predicted octanol–water partition coefficient (Wildman–Crippen LogP) is 4.15. The molecule has 0 aromatic heterocycles. The summed E-state index contributed by atoms with van der Waals surface area (Å²) < 4.78 is 10.4. The number of aryl methyl sites for hydroxylation is 1. The van der Waals surface area contributed by atoms with Gasteiger partial charge in [-0.2, -0.15) is 5.26 Å². The van der Waals surface area contributed by atoms with Crippen molar-refractivity contribution >= 4 is 17.6 Å². The maximum atomic E-state index is 11.9. The maximum Gasteiger partial charge on any atom is 0.311 e. The first-order chi connectivity index (χ1) is 11.1. The van der Waals surface area contributed by atoms with Crippen LogP contribution in [-0.4, -0.2) is 13.1 Å². The summed E-state index contributed by atoms with van der Waals surface area (Å²) in [6.45, 7) is 0. The van der Waals surface area contributed by atoms with E-state index < -0.39 is 0 Å². The molecule has 2 aromatic carbocycles. The Kier molecular flexibility index (Phi) is 6.02. The van der Waals surface area contributed by atoms with Gasteiger partial charge in [0, 0.05) is 17.5 Å². The molecule has 0 aliphatic carbocycles. The zero-order chi connectivity index (χ0) is 16.7. The molecule has 4 nitrogen and oxygen atoms in total. The smallest absolute Gasteiger partial charge is 0.311 e. The lowest BCUT2D eigenvalue weighted by molar-refractivity contribution is -0.134. The summed E-state index contributed by atoms with van der Waals surface area (Å²) in [5, 5.41) is 9.55. The average molecular weight is 330 g/mol. The largest absolute Gasteiger partial charge is 0.493 e. The molecule has 0 saturated carbocycles. The quantitative estimate of drug-likeness (QED) is 0.590. The molecule has 0 radical (unpaired) electrons. The third-order valence-electron chi connectivity index (χ3n) is 3.28. The fourth-order valence-corrected chi connectivity index (χ4v) is 2.21. The molecule has 0 saturated heterocycles. The van der Waals surface area contributed by atoms with Crippen LogP contribution in [0.25, 0.3) is 0 Å². The van der Waals surface area contributed by atoms with Crippen molar-refractivity contribution in [2.45, 2.75) is 19.3 Å². The monoisotopic (exact) mass is 329 g/mol. The molecule has 0 atom stereocenters. The Balaban J connectivity index is 1.87. The first-order valence-electron chi connectivity index (χ1n) is 7.15. The van der Waals surface area contributed by atoms with E-state index in [1.54, 1.807) is 12.1 Å². The second-order valence-corrected chi connectivity index (χ2v) is 5.37. The highest BCUT2D eigenvalue weighted by molar-refractivity contribution is 6.30. The third kappa shape index (κ3) is 5.01. The first kappa shape index (κ1) is 16.9. The summed E-state index contributed by atoms with van der Waals surface area (Å²) in [5.74, 6) is 0.361. The Labute approximate surface area is 140 Å². The zero-order valence-electron chi connectivity index (χ0n) is 12.7. The molecule has 0 fully saturated rings. The fourth-order valence-electron chi connectivity index (χ4n) is 2.08. The van der Waals surface area contributed by atoms with Gasteiger partial charge in [-0.3, -0.25) is 4.79 Å². The Bertz CT molecular complexity index is 720. The summed E-state index contributed by atoms with van der Waals surface area (Å²) in [6, 6.07) is 14.2. The standard InChI is InChI=1S/C18H16ClNO3/c1-22-17-11-14(12-20)7-10-16(17)23-18(21)4-2-3-13-5-8-15(19)9-6-13/h5-11H,2-4H2,1H3. The Morgan fingerprint density at radius 3 is 2.57 bits per heavy atom. The van der Waals surface area contributed by atoms with Crippen LogP contribution in [0.1, 0.15) is 24.0 Å². The summed E-state index contributed by atoms with van der Waals surface area (Å²) >= 11 is 5.83. The van der Waals surface area contributed by atoms with E-state index in [9.17, 15) is 4.79 Å². The molecule has 23 heavy (non-hydrogen) atoms. The minimum atomic E-state index is -0.332. The molecule has 0 unspecified atom stereocenters. The van der Waals surface area contributed by atoms with Gasteiger partial charge in [0.05, 0.1) is 18.7 Å². The Morgan fingerprint density at radius 1 is 1.17 bits per heavy atom. The number of esters is 1.